The van der Waals surface area contributed by atoms with Crippen molar-refractivity contribution in [2.45, 2.75) is 24.6 Å². The van der Waals surface area contributed by atoms with Crippen molar-refractivity contribution < 1.29 is 8.42 Å². The fraction of sp³-hybridized carbons (Fsp3) is 0.286. The highest BCUT2D eigenvalue weighted by Crippen LogP contribution is 2.36. The van der Waals surface area contributed by atoms with E-state index in [0.717, 1.165) is 28.0 Å². The number of halogens is 2. The van der Waals surface area contributed by atoms with Crippen LogP contribution in [-0.4, -0.2) is 19.8 Å². The molecule has 1 aromatic heterocycles. The van der Waals surface area contributed by atoms with Crippen molar-refractivity contribution in [2.24, 2.45) is 0 Å². The minimum atomic E-state index is -3.53. The van der Waals surface area contributed by atoms with Crippen molar-refractivity contribution >= 4 is 48.9 Å². The Hall–Kier alpha value is -0.400. The highest BCUT2D eigenvalue weighted by Gasteiger charge is 2.24. The molecule has 2 aromatic rings. The first-order valence-electron chi connectivity index (χ1n) is 6.19. The molecule has 7 heteroatoms. The van der Waals surface area contributed by atoms with Crippen LogP contribution in [0.3, 0.4) is 0 Å². The largest absolute Gasteiger partial charge is 0.252 e. The summed E-state index contributed by atoms with van der Waals surface area (Å²) in [6.07, 6.45) is 0. The van der Waals surface area contributed by atoms with E-state index in [9.17, 15) is 8.42 Å². The molecule has 114 valence electrons. The zero-order valence-corrected chi connectivity index (χ0v) is 15.8. The molecular weight excluding hydrogens is 394 g/mol. The van der Waals surface area contributed by atoms with Crippen LogP contribution in [0.5, 0.6) is 0 Å². The smallest absolute Gasteiger partial charge is 0.206 e. The summed E-state index contributed by atoms with van der Waals surface area (Å²) in [5, 5.41) is 0.415. The second-order valence-corrected chi connectivity index (χ2v) is 9.93. The van der Waals surface area contributed by atoms with E-state index < -0.39 is 10.0 Å². The van der Waals surface area contributed by atoms with Crippen LogP contribution >= 0.6 is 38.9 Å². The van der Waals surface area contributed by atoms with Gasteiger partial charge in [-0.1, -0.05) is 35.4 Å². The third kappa shape index (κ3) is 3.68. The lowest BCUT2D eigenvalue weighted by molar-refractivity contribution is 0.467. The number of sulfonamides is 1. The number of nitrogens with zero attached hydrogens (tertiary/aromatic N) is 1. The van der Waals surface area contributed by atoms with Crippen molar-refractivity contribution in [3.63, 3.8) is 0 Å². The highest BCUT2D eigenvalue weighted by molar-refractivity contribution is 9.11. The number of hydrogen-bond donors (Lipinski definition) is 0. The first-order chi connectivity index (χ1) is 9.71. The number of hydrogen-bond acceptors (Lipinski definition) is 3. The monoisotopic (exact) mass is 407 g/mol. The standard InChI is InChI=1S/C14H15BrClNO2S2/c1-9-4-5-11(10(2)6-9)8-17(3)21(18,19)13-7-12(16)14(15)20-13/h4-7H,8H2,1-3H3. The predicted molar refractivity (Wildman–Crippen MR) is 91.6 cm³/mol. The molecule has 0 amide bonds. The zero-order valence-electron chi connectivity index (χ0n) is 11.9. The summed E-state index contributed by atoms with van der Waals surface area (Å²) in [5.41, 5.74) is 3.24. The third-order valence-corrected chi connectivity index (χ3v) is 7.91. The normalized spacial score (nSPS) is 12.1. The van der Waals surface area contributed by atoms with Gasteiger partial charge < -0.3 is 0 Å². The summed E-state index contributed by atoms with van der Waals surface area (Å²) in [6, 6.07) is 7.48. The van der Waals surface area contributed by atoms with Crippen LogP contribution in [-0.2, 0) is 16.6 Å². The number of benzene rings is 1. The Morgan fingerprint density at radius 3 is 2.48 bits per heavy atom. The Morgan fingerprint density at radius 2 is 1.95 bits per heavy atom. The van der Waals surface area contributed by atoms with Gasteiger partial charge in [-0.15, -0.1) is 11.3 Å². The van der Waals surface area contributed by atoms with Gasteiger partial charge in [-0.2, -0.15) is 4.31 Å². The number of aryl methyl sites for hydroxylation is 2. The second-order valence-electron chi connectivity index (χ2n) is 4.88. The van der Waals surface area contributed by atoms with E-state index in [2.05, 4.69) is 15.9 Å². The van der Waals surface area contributed by atoms with Crippen molar-refractivity contribution in [2.75, 3.05) is 7.05 Å². The summed E-state index contributed by atoms with van der Waals surface area (Å²) in [7, 11) is -1.95. The van der Waals surface area contributed by atoms with Crippen LogP contribution in [0.25, 0.3) is 0 Å². The molecule has 0 fully saturated rings. The van der Waals surface area contributed by atoms with Gasteiger partial charge in [-0.3, -0.25) is 0 Å². The van der Waals surface area contributed by atoms with Gasteiger partial charge in [0.15, 0.2) is 0 Å². The zero-order chi connectivity index (χ0) is 15.8. The maximum absolute atomic E-state index is 12.5. The van der Waals surface area contributed by atoms with E-state index in [4.69, 9.17) is 11.6 Å². The van der Waals surface area contributed by atoms with Crippen molar-refractivity contribution in [3.05, 3.63) is 49.8 Å². The Kier molecular flexibility index (Phi) is 5.15. The Labute approximate surface area is 142 Å². The summed E-state index contributed by atoms with van der Waals surface area (Å²) in [4.78, 5) is 0. The average Bonchev–Trinajstić information content (AvgIpc) is 2.73. The Bertz CT molecular complexity index is 752. The molecule has 21 heavy (non-hydrogen) atoms. The minimum absolute atomic E-state index is 0.242. The van der Waals surface area contributed by atoms with Gasteiger partial charge in [0.2, 0.25) is 0 Å². The molecule has 0 atom stereocenters. The van der Waals surface area contributed by atoms with Crippen LogP contribution in [0.1, 0.15) is 16.7 Å². The topological polar surface area (TPSA) is 37.4 Å². The van der Waals surface area contributed by atoms with Crippen LogP contribution in [0.2, 0.25) is 5.02 Å². The molecule has 0 unspecified atom stereocenters. The molecule has 0 aliphatic carbocycles. The third-order valence-electron chi connectivity index (χ3n) is 3.18. The molecule has 2 rings (SSSR count). The van der Waals surface area contributed by atoms with Crippen LogP contribution in [0.4, 0.5) is 0 Å². The highest BCUT2D eigenvalue weighted by atomic mass is 79.9. The van der Waals surface area contributed by atoms with Crippen molar-refractivity contribution in [1.29, 1.82) is 0 Å². The van der Waals surface area contributed by atoms with Gasteiger partial charge in [0.05, 0.1) is 8.81 Å². The molecule has 0 N–H and O–H groups in total. The van der Waals surface area contributed by atoms with E-state index in [1.807, 2.05) is 32.0 Å². The molecule has 0 aliphatic heterocycles. The van der Waals surface area contributed by atoms with E-state index in [1.54, 1.807) is 7.05 Å². The van der Waals surface area contributed by atoms with Crippen molar-refractivity contribution in [3.8, 4) is 0 Å². The lowest BCUT2D eigenvalue weighted by Gasteiger charge is -2.17. The molecule has 1 aromatic carbocycles. The van der Waals surface area contributed by atoms with E-state index in [1.165, 1.54) is 10.4 Å². The summed E-state index contributed by atoms with van der Waals surface area (Å²) < 4.78 is 27.3. The van der Waals surface area contributed by atoms with Gasteiger partial charge >= 0.3 is 0 Å². The van der Waals surface area contributed by atoms with E-state index in [0.29, 0.717) is 15.4 Å². The number of rotatable bonds is 4. The maximum Gasteiger partial charge on any atom is 0.252 e. The first-order valence-corrected chi connectivity index (χ1v) is 9.62. The molecule has 0 spiro atoms. The second kappa shape index (κ2) is 6.38. The van der Waals surface area contributed by atoms with Gasteiger partial charge in [-0.25, -0.2) is 8.42 Å². The Balaban J connectivity index is 2.28. The SMILES string of the molecule is Cc1ccc(CN(C)S(=O)(=O)c2cc(Cl)c(Br)s2)c(C)c1. The van der Waals surface area contributed by atoms with Crippen molar-refractivity contribution in [1.82, 2.24) is 4.31 Å². The first kappa shape index (κ1) is 17.0. The lowest BCUT2D eigenvalue weighted by atomic mass is 10.1. The quantitative estimate of drug-likeness (QED) is 0.741. The molecule has 1 heterocycles. The minimum Gasteiger partial charge on any atom is -0.206 e. The maximum atomic E-state index is 12.5. The van der Waals surface area contributed by atoms with Gasteiger partial charge in [0, 0.05) is 13.6 Å². The van der Waals surface area contributed by atoms with Crippen LogP contribution in [0, 0.1) is 13.8 Å². The fourth-order valence-corrected chi connectivity index (χ4v) is 5.71. The molecular formula is C14H15BrClNO2S2. The van der Waals surface area contributed by atoms with E-state index in [-0.39, 0.29) is 4.21 Å². The van der Waals surface area contributed by atoms with Crippen LogP contribution in [0.15, 0.2) is 32.3 Å². The molecule has 0 radical (unpaired) electrons. The summed E-state index contributed by atoms with van der Waals surface area (Å²) in [5.74, 6) is 0. The summed E-state index contributed by atoms with van der Waals surface area (Å²) >= 11 is 10.3. The van der Waals surface area contributed by atoms with Gasteiger partial charge in [0.25, 0.3) is 10.0 Å². The Morgan fingerprint density at radius 1 is 1.29 bits per heavy atom. The fourth-order valence-electron chi connectivity index (χ4n) is 1.96. The van der Waals surface area contributed by atoms with Gasteiger partial charge in [-0.05, 0) is 47.0 Å². The van der Waals surface area contributed by atoms with Gasteiger partial charge in [0.1, 0.15) is 4.21 Å². The summed E-state index contributed by atoms with van der Waals surface area (Å²) in [6.45, 7) is 4.34. The van der Waals surface area contributed by atoms with Crippen LogP contribution < -0.4 is 0 Å². The molecule has 0 bridgehead atoms. The lowest BCUT2D eigenvalue weighted by Crippen LogP contribution is -2.26. The molecule has 0 saturated heterocycles. The molecule has 0 aliphatic rings. The predicted octanol–water partition coefficient (Wildman–Crippen LogP) is 4.60. The number of thiophene rings is 1. The molecule has 3 nitrogen and oxygen atoms in total. The average molecular weight is 409 g/mol. The van der Waals surface area contributed by atoms with E-state index >= 15 is 0 Å². The molecule has 0 saturated carbocycles.